The van der Waals surface area contributed by atoms with Crippen LogP contribution in [0.5, 0.6) is 0 Å². The highest BCUT2D eigenvalue weighted by atomic mass is 16.6. The summed E-state index contributed by atoms with van der Waals surface area (Å²) < 4.78 is 0. The number of hydrogen-bond acceptors (Lipinski definition) is 2. The second kappa shape index (κ2) is 7.25. The Labute approximate surface area is 67.9 Å². The van der Waals surface area contributed by atoms with E-state index < -0.39 is 0 Å². The first-order chi connectivity index (χ1) is 5.35. The van der Waals surface area contributed by atoms with Gasteiger partial charge in [0.25, 0.3) is 0 Å². The molecule has 0 spiro atoms. The molecule has 2 heteroatoms. The van der Waals surface area contributed by atoms with E-state index in [2.05, 4.69) is 41.9 Å². The van der Waals surface area contributed by atoms with Gasteiger partial charge in [0.2, 0.25) is 0 Å². The first-order valence-corrected chi connectivity index (χ1v) is 3.62. The van der Waals surface area contributed by atoms with Crippen molar-refractivity contribution in [2.75, 3.05) is 7.11 Å². The molecule has 2 N–H and O–H groups in total. The van der Waals surface area contributed by atoms with Crippen LogP contribution in [0.15, 0.2) is 30.3 Å². The van der Waals surface area contributed by atoms with Crippen molar-refractivity contribution in [2.45, 2.75) is 13.3 Å². The van der Waals surface area contributed by atoms with Gasteiger partial charge in [-0.3, -0.25) is 0 Å². The molecule has 0 bridgehead atoms. The van der Waals surface area contributed by atoms with E-state index in [1.165, 1.54) is 12.7 Å². The molecule has 11 heavy (non-hydrogen) atoms. The van der Waals surface area contributed by atoms with Gasteiger partial charge in [-0.2, -0.15) is 0 Å². The van der Waals surface area contributed by atoms with Crippen LogP contribution in [0.3, 0.4) is 0 Å². The molecule has 0 heterocycles. The Morgan fingerprint density at radius 2 is 1.73 bits per heavy atom. The number of aryl methyl sites for hydroxylation is 1. The molecule has 1 rings (SSSR count). The summed E-state index contributed by atoms with van der Waals surface area (Å²) in [6.07, 6.45) is 1.14. The van der Waals surface area contributed by atoms with Gasteiger partial charge in [0.1, 0.15) is 0 Å². The van der Waals surface area contributed by atoms with E-state index in [-0.39, 0.29) is 0 Å². The van der Waals surface area contributed by atoms with Gasteiger partial charge in [-0.05, 0) is 12.0 Å². The van der Waals surface area contributed by atoms with Crippen molar-refractivity contribution < 1.29 is 4.84 Å². The van der Waals surface area contributed by atoms with Crippen LogP contribution in [-0.4, -0.2) is 7.11 Å². The Morgan fingerprint density at radius 3 is 2.00 bits per heavy atom. The van der Waals surface area contributed by atoms with Crippen LogP contribution in [0.1, 0.15) is 12.5 Å². The van der Waals surface area contributed by atoms with E-state index in [9.17, 15) is 0 Å². The number of hydrogen-bond donors (Lipinski definition) is 1. The maximum atomic E-state index is 4.35. The third-order valence-corrected chi connectivity index (χ3v) is 1.25. The summed E-state index contributed by atoms with van der Waals surface area (Å²) in [7, 11) is 1.40. The third-order valence-electron chi connectivity index (χ3n) is 1.25. The van der Waals surface area contributed by atoms with Gasteiger partial charge < -0.3 is 4.84 Å². The lowest BCUT2D eigenvalue weighted by molar-refractivity contribution is 0.206. The summed E-state index contributed by atoms with van der Waals surface area (Å²) in [5.74, 6) is 4.35. The second-order valence-corrected chi connectivity index (χ2v) is 2.07. The largest absolute Gasteiger partial charge is 0.308 e. The maximum Gasteiger partial charge on any atom is 0.0569 e. The standard InChI is InChI=1S/C8H10.CH5NO/c1-2-8-6-4-3-5-7-8;1-3-2/h3-7H,2H2,1H3;2H2,1H3. The van der Waals surface area contributed by atoms with Crippen molar-refractivity contribution in [1.29, 1.82) is 0 Å². The second-order valence-electron chi connectivity index (χ2n) is 2.07. The molecule has 0 atom stereocenters. The van der Waals surface area contributed by atoms with Crippen LogP contribution >= 0.6 is 0 Å². The summed E-state index contributed by atoms with van der Waals surface area (Å²) in [6.45, 7) is 2.16. The number of nitrogens with two attached hydrogens (primary N) is 1. The topological polar surface area (TPSA) is 35.2 Å². The summed E-state index contributed by atoms with van der Waals surface area (Å²) in [4.78, 5) is 3.75. The first-order valence-electron chi connectivity index (χ1n) is 3.62. The lowest BCUT2D eigenvalue weighted by Gasteiger charge is -1.89. The fraction of sp³-hybridized carbons (Fsp3) is 0.333. The van der Waals surface area contributed by atoms with E-state index in [1.54, 1.807) is 0 Å². The molecular formula is C9H15NO. The van der Waals surface area contributed by atoms with Crippen molar-refractivity contribution in [3.8, 4) is 0 Å². The Hall–Kier alpha value is -0.860. The average Bonchev–Trinajstić information content (AvgIpc) is 2.08. The van der Waals surface area contributed by atoms with Crippen molar-refractivity contribution in [2.24, 2.45) is 5.90 Å². The molecule has 0 aliphatic rings. The van der Waals surface area contributed by atoms with E-state index in [0.717, 1.165) is 6.42 Å². The fourth-order valence-corrected chi connectivity index (χ4v) is 0.714. The Balaban J connectivity index is 0.000000292. The number of rotatable bonds is 1. The SMILES string of the molecule is CCc1ccccc1.CON. The zero-order valence-corrected chi connectivity index (χ0v) is 7.08. The Morgan fingerprint density at radius 1 is 1.27 bits per heavy atom. The summed E-state index contributed by atoms with van der Waals surface area (Å²) in [5.41, 5.74) is 1.41. The zero-order chi connectivity index (χ0) is 8.53. The molecule has 0 unspecified atom stereocenters. The summed E-state index contributed by atoms with van der Waals surface area (Å²) >= 11 is 0. The third kappa shape index (κ3) is 5.58. The quantitative estimate of drug-likeness (QED) is 0.624. The lowest BCUT2D eigenvalue weighted by Crippen LogP contribution is -1.86. The first kappa shape index (κ1) is 10.1. The van der Waals surface area contributed by atoms with Crippen molar-refractivity contribution >= 4 is 0 Å². The molecule has 0 saturated heterocycles. The highest BCUT2D eigenvalue weighted by Gasteiger charge is 1.79. The van der Waals surface area contributed by atoms with Crippen LogP contribution in [-0.2, 0) is 11.3 Å². The van der Waals surface area contributed by atoms with Crippen LogP contribution in [0.2, 0.25) is 0 Å². The normalized spacial score (nSPS) is 8.27. The average molecular weight is 153 g/mol. The molecule has 2 nitrogen and oxygen atoms in total. The molecule has 0 aliphatic carbocycles. The Bertz CT molecular complexity index is 162. The van der Waals surface area contributed by atoms with Gasteiger partial charge >= 0.3 is 0 Å². The van der Waals surface area contributed by atoms with Gasteiger partial charge in [0, 0.05) is 0 Å². The van der Waals surface area contributed by atoms with E-state index >= 15 is 0 Å². The molecule has 0 aliphatic heterocycles. The van der Waals surface area contributed by atoms with E-state index in [0.29, 0.717) is 0 Å². The molecule has 1 aromatic rings. The molecule has 1 aromatic carbocycles. The highest BCUT2D eigenvalue weighted by Crippen LogP contribution is 1.96. The van der Waals surface area contributed by atoms with Crippen LogP contribution in [0, 0.1) is 0 Å². The minimum absolute atomic E-state index is 1.14. The van der Waals surface area contributed by atoms with Gasteiger partial charge in [-0.1, -0.05) is 37.3 Å². The van der Waals surface area contributed by atoms with Crippen molar-refractivity contribution in [1.82, 2.24) is 0 Å². The van der Waals surface area contributed by atoms with Gasteiger partial charge in [-0.25, -0.2) is 5.90 Å². The molecule has 0 amide bonds. The Kier molecular flexibility index (Phi) is 6.68. The van der Waals surface area contributed by atoms with Crippen molar-refractivity contribution in [3.63, 3.8) is 0 Å². The summed E-state index contributed by atoms with van der Waals surface area (Å²) in [6, 6.07) is 10.5. The van der Waals surface area contributed by atoms with Gasteiger partial charge in [0.15, 0.2) is 0 Å². The van der Waals surface area contributed by atoms with E-state index in [4.69, 9.17) is 0 Å². The van der Waals surface area contributed by atoms with Crippen molar-refractivity contribution in [3.05, 3.63) is 35.9 Å². The molecule has 0 fully saturated rings. The maximum absolute atomic E-state index is 4.35. The zero-order valence-electron chi connectivity index (χ0n) is 7.08. The monoisotopic (exact) mass is 153 g/mol. The molecule has 0 aromatic heterocycles. The van der Waals surface area contributed by atoms with Gasteiger partial charge in [-0.15, -0.1) is 0 Å². The number of benzene rings is 1. The van der Waals surface area contributed by atoms with Crippen LogP contribution in [0.4, 0.5) is 0 Å². The predicted octanol–water partition coefficient (Wildman–Crippen LogP) is 1.76. The molecule has 62 valence electrons. The minimum atomic E-state index is 1.14. The highest BCUT2D eigenvalue weighted by molar-refractivity contribution is 5.13. The summed E-state index contributed by atoms with van der Waals surface area (Å²) in [5, 5.41) is 0. The van der Waals surface area contributed by atoms with Crippen LogP contribution < -0.4 is 5.90 Å². The lowest BCUT2D eigenvalue weighted by atomic mass is 10.2. The molecule has 0 radical (unpaired) electrons. The predicted molar refractivity (Wildman–Crippen MR) is 47.0 cm³/mol. The molecular weight excluding hydrogens is 138 g/mol. The minimum Gasteiger partial charge on any atom is -0.308 e. The fourth-order valence-electron chi connectivity index (χ4n) is 0.714. The molecule has 0 saturated carbocycles. The van der Waals surface area contributed by atoms with Crippen LogP contribution in [0.25, 0.3) is 0 Å². The van der Waals surface area contributed by atoms with Gasteiger partial charge in [0.05, 0.1) is 7.11 Å². The smallest absolute Gasteiger partial charge is 0.0569 e. The van der Waals surface area contributed by atoms with E-state index in [1.807, 2.05) is 6.07 Å².